The Labute approximate surface area is 568 Å². The lowest BCUT2D eigenvalue weighted by Gasteiger charge is -2.31. The van der Waals surface area contributed by atoms with Gasteiger partial charge in [-0.15, -0.1) is 0 Å². The number of rotatable bonds is 38. The Kier molecular flexibility index (Phi) is 29.3. The van der Waals surface area contributed by atoms with Crippen LogP contribution in [0.5, 0.6) is 5.75 Å². The maximum absolute atomic E-state index is 14.5. The average molecular weight is 1360 g/mol. The van der Waals surface area contributed by atoms with Gasteiger partial charge in [0.1, 0.15) is 54.1 Å². The summed E-state index contributed by atoms with van der Waals surface area (Å²) in [6.45, 7) is 10.1. The number of para-hydroxylation sites is 2. The normalized spacial score (nSPS) is 15.3. The monoisotopic (exact) mass is 1360 g/mol. The van der Waals surface area contributed by atoms with Crippen LogP contribution in [0.1, 0.15) is 130 Å². The van der Waals surface area contributed by atoms with E-state index in [1.165, 1.54) is 29.2 Å². The molecule has 0 bridgehead atoms. The molecule has 1 fully saturated rings. The first-order chi connectivity index (χ1) is 46.6. The number of primary amides is 1. The molecule has 0 saturated carbocycles. The van der Waals surface area contributed by atoms with Crippen LogP contribution in [0.2, 0.25) is 0 Å². The van der Waals surface area contributed by atoms with E-state index in [1.54, 1.807) is 70.2 Å². The van der Waals surface area contributed by atoms with Crippen LogP contribution in [-0.4, -0.2) is 157 Å². The van der Waals surface area contributed by atoms with Crippen LogP contribution in [0.4, 0.5) is 0 Å². The van der Waals surface area contributed by atoms with Gasteiger partial charge in [-0.2, -0.15) is 0 Å². The standard InChI is InChI=1S/C71H93N11O16/c1-7-43(6)62(70(97)78-53(39-45-27-29-46(83)30-28-45)65(92)73-40-58(85)79-61(42(4)5)69(96)77-52(37-41(2)3)67(94)76-51(64(72)91)38-44-19-10-8-11-20-44)80-66(93)49(31-33-59(86)87)75-68(95)56-25-18-36-82(56)71(98)50(32-34-60(88)89)74-57(84)26-12-9-17-35-81-54-23-15-13-21-47(54)63(90)48-22-14-16-24-55(48)81/h8,10-11,13-16,19-24,27-30,41-43,49-53,56,61-62,83H,7,9,12,17-18,25-26,31-40H2,1-6H3,(H2,72,91)(H,73,92)(H,74,84)(H,75,95)(H,76,94)(H,77,96)(H,78,97)(H,79,85)(H,80,93)(H,86,87)(H,88,89)/t43-,49-,50-,51-,52-,53-,56-,61-,62-/m0/s1. The molecule has 1 aliphatic heterocycles. The number of pyridine rings is 1. The lowest BCUT2D eigenvalue weighted by Crippen LogP contribution is -2.60. The summed E-state index contributed by atoms with van der Waals surface area (Å²) >= 11 is 0. The molecular weight excluding hydrogens is 1260 g/mol. The zero-order valence-electron chi connectivity index (χ0n) is 56.3. The van der Waals surface area contributed by atoms with Gasteiger partial charge in [0.05, 0.1) is 17.6 Å². The number of aryl methyl sites for hydroxylation is 1. The Balaban J connectivity index is 1.10. The molecule has 528 valence electrons. The topological polar surface area (TPSA) is 413 Å². The summed E-state index contributed by atoms with van der Waals surface area (Å²) in [5, 5.41) is 51.6. The van der Waals surface area contributed by atoms with Crippen molar-refractivity contribution in [3.63, 3.8) is 0 Å². The zero-order chi connectivity index (χ0) is 71.8. The number of fused-ring (bicyclic) bond motifs is 2. The average Bonchev–Trinajstić information content (AvgIpc) is 0.924. The molecule has 0 spiro atoms. The molecule has 9 atom stereocenters. The van der Waals surface area contributed by atoms with Gasteiger partial charge in [0.25, 0.3) is 0 Å². The van der Waals surface area contributed by atoms with Crippen LogP contribution in [-0.2, 0) is 76.9 Å². The number of aromatic nitrogens is 1. The summed E-state index contributed by atoms with van der Waals surface area (Å²) in [6, 6.07) is 18.6. The number of amides is 10. The molecule has 2 heterocycles. The minimum Gasteiger partial charge on any atom is -0.508 e. The van der Waals surface area contributed by atoms with Crippen LogP contribution < -0.4 is 53.7 Å². The Morgan fingerprint density at radius 1 is 0.551 bits per heavy atom. The number of likely N-dealkylation sites (tertiary alicyclic amines) is 1. The highest BCUT2D eigenvalue weighted by Crippen LogP contribution is 2.24. The van der Waals surface area contributed by atoms with E-state index < -0.39 is 157 Å². The summed E-state index contributed by atoms with van der Waals surface area (Å²) in [4.78, 5) is 177. The Morgan fingerprint density at radius 2 is 1.10 bits per heavy atom. The van der Waals surface area contributed by atoms with Crippen LogP contribution in [0.25, 0.3) is 21.8 Å². The predicted molar refractivity (Wildman–Crippen MR) is 364 cm³/mol. The van der Waals surface area contributed by atoms with E-state index in [1.807, 2.05) is 50.2 Å². The number of benzene rings is 4. The van der Waals surface area contributed by atoms with E-state index in [-0.39, 0.29) is 68.6 Å². The first-order valence-corrected chi connectivity index (χ1v) is 33.4. The van der Waals surface area contributed by atoms with E-state index in [0.717, 1.165) is 16.6 Å². The first-order valence-electron chi connectivity index (χ1n) is 33.4. The highest BCUT2D eigenvalue weighted by atomic mass is 16.4. The number of phenols is 1. The van der Waals surface area contributed by atoms with Crippen LogP contribution in [0.15, 0.2) is 108 Å². The van der Waals surface area contributed by atoms with Crippen molar-refractivity contribution < 1.29 is 72.9 Å². The maximum Gasteiger partial charge on any atom is 0.303 e. The van der Waals surface area contributed by atoms with Crippen molar-refractivity contribution in [3.05, 3.63) is 124 Å². The van der Waals surface area contributed by atoms with Crippen molar-refractivity contribution in [2.75, 3.05) is 13.1 Å². The lowest BCUT2D eigenvalue weighted by atomic mass is 9.96. The fourth-order valence-electron chi connectivity index (χ4n) is 11.8. The first kappa shape index (κ1) is 76.8. The lowest BCUT2D eigenvalue weighted by molar-refractivity contribution is -0.143. The number of carboxylic acids is 2. The van der Waals surface area contributed by atoms with Crippen LogP contribution >= 0.6 is 0 Å². The Hall–Kier alpha value is -10.2. The summed E-state index contributed by atoms with van der Waals surface area (Å²) in [5.74, 6) is -11.9. The van der Waals surface area contributed by atoms with Gasteiger partial charge in [-0.1, -0.05) is 121 Å². The number of hydrogen-bond acceptors (Lipinski definition) is 14. The molecule has 27 nitrogen and oxygen atoms in total. The number of phenolic OH excluding ortho intramolecular Hbond substituents is 1. The van der Waals surface area contributed by atoms with E-state index in [0.29, 0.717) is 48.6 Å². The van der Waals surface area contributed by atoms with Gasteiger partial charge in [0, 0.05) is 56.0 Å². The minimum atomic E-state index is -1.61. The van der Waals surface area contributed by atoms with Crippen LogP contribution in [0, 0.1) is 17.8 Å². The van der Waals surface area contributed by atoms with Crippen molar-refractivity contribution in [1.29, 1.82) is 0 Å². The quantitative estimate of drug-likeness (QED) is 0.0199. The SMILES string of the molecule is CC[C@H](C)[C@H](NC(=O)[C@H](CCC(=O)O)NC(=O)[C@@H]1CCCN1C(=O)[C@H](CCC(=O)O)NC(=O)CCCCCn1c2ccccc2c(=O)c2ccccc21)C(=O)N[C@@H](Cc1ccc(O)cc1)C(=O)NCC(=O)N[C@H](C(=O)N[C@@H](CC(C)C)C(=O)N[C@@H](Cc1ccccc1)C(N)=O)C(C)C. The third kappa shape index (κ3) is 22.7. The second-order valence-corrected chi connectivity index (χ2v) is 25.7. The number of unbranched alkanes of at least 4 members (excludes halogenated alkanes) is 2. The molecule has 0 radical (unpaired) electrons. The molecule has 10 amide bonds. The number of aromatic hydroxyl groups is 1. The van der Waals surface area contributed by atoms with Gasteiger partial charge >= 0.3 is 11.9 Å². The van der Waals surface area contributed by atoms with Crippen molar-refractivity contribution in [1.82, 2.24) is 52.0 Å². The van der Waals surface area contributed by atoms with E-state index in [9.17, 15) is 77.6 Å². The number of aliphatic carboxylic acids is 2. The number of carbonyl (C=O) groups is 12. The highest BCUT2D eigenvalue weighted by Gasteiger charge is 2.41. The van der Waals surface area contributed by atoms with E-state index >= 15 is 0 Å². The summed E-state index contributed by atoms with van der Waals surface area (Å²) < 4.78 is 2.07. The van der Waals surface area contributed by atoms with Crippen LogP contribution in [0.3, 0.4) is 0 Å². The third-order valence-corrected chi connectivity index (χ3v) is 17.3. The summed E-state index contributed by atoms with van der Waals surface area (Å²) in [5.41, 5.74) is 8.33. The molecular formula is C71H93N11O16. The van der Waals surface area contributed by atoms with Gasteiger partial charge < -0.3 is 73.1 Å². The number of nitrogens with zero attached hydrogens (tertiary/aromatic N) is 2. The van der Waals surface area contributed by atoms with E-state index in [4.69, 9.17) is 5.73 Å². The molecule has 0 aliphatic carbocycles. The predicted octanol–water partition coefficient (Wildman–Crippen LogP) is 3.37. The Bertz CT molecular complexity index is 3650. The maximum atomic E-state index is 14.5. The van der Waals surface area contributed by atoms with E-state index in [2.05, 4.69) is 47.1 Å². The zero-order valence-corrected chi connectivity index (χ0v) is 56.3. The van der Waals surface area contributed by atoms with Gasteiger partial charge in [-0.25, -0.2) is 0 Å². The smallest absolute Gasteiger partial charge is 0.303 e. The molecule has 27 heteroatoms. The van der Waals surface area contributed by atoms with Gasteiger partial charge in [0.2, 0.25) is 59.1 Å². The fraction of sp³-hybridized carbons (Fsp3) is 0.479. The van der Waals surface area contributed by atoms with Crippen molar-refractivity contribution in [3.8, 4) is 5.75 Å². The third-order valence-electron chi connectivity index (χ3n) is 17.3. The number of carbonyl (C=O) groups excluding carboxylic acids is 10. The minimum absolute atomic E-state index is 0.0129. The molecule has 1 saturated heterocycles. The molecule has 4 aromatic carbocycles. The molecule has 1 aliphatic rings. The Morgan fingerprint density at radius 3 is 1.69 bits per heavy atom. The number of hydrogen-bond donors (Lipinski definition) is 12. The largest absolute Gasteiger partial charge is 0.508 e. The van der Waals surface area contributed by atoms with Gasteiger partial charge in [-0.05, 0) is 110 Å². The highest BCUT2D eigenvalue weighted by molar-refractivity contribution is 5.99. The van der Waals surface area contributed by atoms with Gasteiger partial charge in [-0.3, -0.25) is 62.3 Å². The molecule has 98 heavy (non-hydrogen) atoms. The second kappa shape index (κ2) is 37.3. The summed E-state index contributed by atoms with van der Waals surface area (Å²) in [6.07, 6.45) is 0.354. The van der Waals surface area contributed by atoms with Crippen molar-refractivity contribution in [2.45, 2.75) is 186 Å². The molecule has 13 N–H and O–H groups in total. The fourth-order valence-corrected chi connectivity index (χ4v) is 11.8. The number of nitrogens with one attached hydrogen (secondary N) is 8. The van der Waals surface area contributed by atoms with Crippen molar-refractivity contribution in [2.24, 2.45) is 23.5 Å². The molecule has 1 aromatic heterocycles. The summed E-state index contributed by atoms with van der Waals surface area (Å²) in [7, 11) is 0. The van der Waals surface area contributed by atoms with Crippen molar-refractivity contribution >= 4 is 92.8 Å². The van der Waals surface area contributed by atoms with Gasteiger partial charge in [0.15, 0.2) is 5.43 Å². The number of carboxylic acid groups (broad SMARTS) is 2. The second-order valence-electron chi connectivity index (χ2n) is 25.7. The molecule has 5 aromatic rings. The molecule has 0 unspecified atom stereocenters. The molecule has 6 rings (SSSR count). The number of nitrogens with two attached hydrogens (primary N) is 1.